The van der Waals surface area contributed by atoms with Gasteiger partial charge in [-0.3, -0.25) is 0 Å². The molecule has 0 aliphatic heterocycles. The smallest absolute Gasteiger partial charge is 0.346 e. The molecule has 0 unspecified atom stereocenters. The summed E-state index contributed by atoms with van der Waals surface area (Å²) in [6, 6.07) is 6.67. The number of ether oxygens (including phenoxy) is 1. The maximum absolute atomic E-state index is 10.7. The topological polar surface area (TPSA) is 46.5 Å². The first-order valence-electron chi connectivity index (χ1n) is 4.95. The fourth-order valence-corrected chi connectivity index (χ4v) is 2.50. The van der Waals surface area contributed by atoms with E-state index in [9.17, 15) is 4.79 Å². The van der Waals surface area contributed by atoms with E-state index in [1.807, 2.05) is 0 Å². The number of hydrogen-bond acceptors (Lipinski definition) is 3. The van der Waals surface area contributed by atoms with Crippen molar-refractivity contribution >= 4 is 40.5 Å². The molecule has 6 heteroatoms. The van der Waals surface area contributed by atoms with Crippen molar-refractivity contribution in [3.63, 3.8) is 0 Å². The Kier molecular flexibility index (Phi) is 4.11. The molecule has 0 aliphatic rings. The van der Waals surface area contributed by atoms with Gasteiger partial charge in [-0.25, -0.2) is 4.79 Å². The number of thiophene rings is 1. The fourth-order valence-electron chi connectivity index (χ4n) is 1.33. The van der Waals surface area contributed by atoms with Gasteiger partial charge < -0.3 is 9.84 Å². The quantitative estimate of drug-likeness (QED) is 0.914. The van der Waals surface area contributed by atoms with Crippen molar-refractivity contribution in [2.24, 2.45) is 0 Å². The monoisotopic (exact) mass is 302 g/mol. The second-order valence-electron chi connectivity index (χ2n) is 3.44. The van der Waals surface area contributed by atoms with Crippen LogP contribution < -0.4 is 4.74 Å². The molecule has 94 valence electrons. The summed E-state index contributed by atoms with van der Waals surface area (Å²) in [5.41, 5.74) is 0.684. The summed E-state index contributed by atoms with van der Waals surface area (Å²) < 4.78 is 5.46. The molecule has 0 fully saturated rings. The highest BCUT2D eigenvalue weighted by Gasteiger charge is 2.10. The van der Waals surface area contributed by atoms with Crippen LogP contribution in [0.1, 0.15) is 15.2 Å². The van der Waals surface area contributed by atoms with Crippen molar-refractivity contribution in [2.75, 3.05) is 0 Å². The molecule has 3 nitrogen and oxygen atoms in total. The molecule has 2 rings (SSSR count). The van der Waals surface area contributed by atoms with Crippen LogP contribution in [0.4, 0.5) is 0 Å². The highest BCUT2D eigenvalue weighted by Crippen LogP contribution is 2.27. The Hall–Kier alpha value is -1.23. The van der Waals surface area contributed by atoms with E-state index in [-0.39, 0.29) is 11.5 Å². The van der Waals surface area contributed by atoms with Crippen molar-refractivity contribution in [1.29, 1.82) is 0 Å². The van der Waals surface area contributed by atoms with Crippen molar-refractivity contribution < 1.29 is 14.6 Å². The van der Waals surface area contributed by atoms with E-state index in [4.69, 9.17) is 33.0 Å². The van der Waals surface area contributed by atoms with Crippen LogP contribution in [0.2, 0.25) is 10.0 Å². The first-order valence-corrected chi connectivity index (χ1v) is 6.59. The first-order chi connectivity index (χ1) is 8.58. The molecule has 0 aliphatic carbocycles. The van der Waals surface area contributed by atoms with E-state index < -0.39 is 5.97 Å². The molecule has 0 radical (unpaired) electrons. The third kappa shape index (κ3) is 2.96. The average molecular weight is 303 g/mol. The van der Waals surface area contributed by atoms with Gasteiger partial charge in [0.15, 0.2) is 0 Å². The number of carboxylic acids is 1. The van der Waals surface area contributed by atoms with Crippen LogP contribution in [-0.2, 0) is 6.61 Å². The molecule has 1 aromatic heterocycles. The number of benzene rings is 1. The van der Waals surface area contributed by atoms with Crippen LogP contribution in [0.15, 0.2) is 29.6 Å². The molecular formula is C12H8Cl2O3S. The van der Waals surface area contributed by atoms with Gasteiger partial charge in [0, 0.05) is 27.1 Å². The lowest BCUT2D eigenvalue weighted by molar-refractivity contribution is 0.0702. The molecule has 0 bridgehead atoms. The van der Waals surface area contributed by atoms with Crippen LogP contribution in [-0.4, -0.2) is 11.1 Å². The Labute approximate surface area is 118 Å². The number of rotatable bonds is 4. The summed E-state index contributed by atoms with van der Waals surface area (Å²) in [5, 5.41) is 11.5. The highest BCUT2D eigenvalue weighted by atomic mass is 35.5. The van der Waals surface area contributed by atoms with Gasteiger partial charge in [0.2, 0.25) is 0 Å². The minimum absolute atomic E-state index is 0.203. The predicted molar refractivity (Wildman–Crippen MR) is 72.1 cm³/mol. The lowest BCUT2D eigenvalue weighted by Crippen LogP contribution is -1.96. The van der Waals surface area contributed by atoms with E-state index in [0.29, 0.717) is 21.4 Å². The fraction of sp³-hybridized carbons (Fsp3) is 0.0833. The van der Waals surface area contributed by atoms with Crippen molar-refractivity contribution in [3.05, 3.63) is 50.1 Å². The third-order valence-electron chi connectivity index (χ3n) is 2.23. The Morgan fingerprint density at radius 1 is 1.33 bits per heavy atom. The van der Waals surface area contributed by atoms with Gasteiger partial charge in [-0.1, -0.05) is 29.3 Å². The summed E-state index contributed by atoms with van der Waals surface area (Å²) in [7, 11) is 0. The maximum Gasteiger partial charge on any atom is 0.346 e. The standard InChI is InChI=1S/C12H8Cl2O3S/c13-9-2-1-3-10(14)8(9)5-17-7-4-11(12(15)16)18-6-7/h1-4,6H,5H2,(H,15,16). The van der Waals surface area contributed by atoms with Gasteiger partial charge in [-0.05, 0) is 12.1 Å². The summed E-state index contributed by atoms with van der Waals surface area (Å²) in [6.45, 7) is 0.203. The lowest BCUT2D eigenvalue weighted by atomic mass is 10.2. The van der Waals surface area contributed by atoms with Crippen LogP contribution in [0, 0.1) is 0 Å². The van der Waals surface area contributed by atoms with Crippen LogP contribution in [0.25, 0.3) is 0 Å². The molecule has 0 saturated carbocycles. The zero-order valence-electron chi connectivity index (χ0n) is 9.02. The van der Waals surface area contributed by atoms with Crippen LogP contribution in [0.5, 0.6) is 5.75 Å². The number of carboxylic acid groups (broad SMARTS) is 1. The summed E-state index contributed by atoms with van der Waals surface area (Å²) in [4.78, 5) is 10.9. The molecule has 0 atom stereocenters. The van der Waals surface area contributed by atoms with Gasteiger partial charge in [-0.15, -0.1) is 11.3 Å². The molecule has 1 N–H and O–H groups in total. The minimum Gasteiger partial charge on any atom is -0.488 e. The molecule has 1 aromatic carbocycles. The number of aromatic carboxylic acids is 1. The first kappa shape index (κ1) is 13.2. The Bertz CT molecular complexity index is 560. The van der Waals surface area contributed by atoms with E-state index in [1.165, 1.54) is 6.07 Å². The van der Waals surface area contributed by atoms with E-state index >= 15 is 0 Å². The third-order valence-corrected chi connectivity index (χ3v) is 3.84. The predicted octanol–water partition coefficient (Wildman–Crippen LogP) is 4.33. The van der Waals surface area contributed by atoms with Gasteiger partial charge in [-0.2, -0.15) is 0 Å². The second kappa shape index (κ2) is 5.61. The Balaban J connectivity index is 2.09. The normalized spacial score (nSPS) is 10.3. The molecule has 2 aromatic rings. The second-order valence-corrected chi connectivity index (χ2v) is 5.17. The SMILES string of the molecule is O=C(O)c1cc(OCc2c(Cl)cccc2Cl)cs1. The molecular weight excluding hydrogens is 295 g/mol. The number of halogens is 2. The van der Waals surface area contributed by atoms with E-state index in [1.54, 1.807) is 23.6 Å². The number of hydrogen-bond donors (Lipinski definition) is 1. The van der Waals surface area contributed by atoms with Gasteiger partial charge in [0.25, 0.3) is 0 Å². The summed E-state index contributed by atoms with van der Waals surface area (Å²) in [6.07, 6.45) is 0. The summed E-state index contributed by atoms with van der Waals surface area (Å²) >= 11 is 13.1. The lowest BCUT2D eigenvalue weighted by Gasteiger charge is -2.07. The zero-order valence-corrected chi connectivity index (χ0v) is 11.4. The number of carbonyl (C=O) groups is 1. The van der Waals surface area contributed by atoms with E-state index in [2.05, 4.69) is 0 Å². The van der Waals surface area contributed by atoms with Crippen LogP contribution >= 0.6 is 34.5 Å². The molecule has 0 saturated heterocycles. The van der Waals surface area contributed by atoms with Gasteiger partial charge in [0.05, 0.1) is 0 Å². The van der Waals surface area contributed by atoms with Crippen molar-refractivity contribution in [3.8, 4) is 5.75 Å². The molecule has 1 heterocycles. The highest BCUT2D eigenvalue weighted by molar-refractivity contribution is 7.12. The van der Waals surface area contributed by atoms with Crippen molar-refractivity contribution in [1.82, 2.24) is 0 Å². The summed E-state index contributed by atoms with van der Waals surface area (Å²) in [5.74, 6) is -0.473. The molecule has 0 amide bonds. The maximum atomic E-state index is 10.7. The molecule has 0 spiro atoms. The zero-order chi connectivity index (χ0) is 13.1. The Morgan fingerprint density at radius 2 is 2.00 bits per heavy atom. The van der Waals surface area contributed by atoms with E-state index in [0.717, 1.165) is 11.3 Å². The minimum atomic E-state index is -0.967. The Morgan fingerprint density at radius 3 is 2.56 bits per heavy atom. The largest absolute Gasteiger partial charge is 0.488 e. The molecule has 18 heavy (non-hydrogen) atoms. The van der Waals surface area contributed by atoms with Crippen molar-refractivity contribution in [2.45, 2.75) is 6.61 Å². The van der Waals surface area contributed by atoms with Gasteiger partial charge in [0.1, 0.15) is 17.2 Å². The van der Waals surface area contributed by atoms with Gasteiger partial charge >= 0.3 is 5.97 Å². The average Bonchev–Trinajstić information content (AvgIpc) is 2.77. The van der Waals surface area contributed by atoms with Crippen LogP contribution in [0.3, 0.4) is 0 Å².